The number of hydrogen-bond acceptors (Lipinski definition) is 4. The standard InChI is InChI=1S/C12H15NO5/c1-7(14)13-10(11(15)12(16)17)8-5-3-4-6-9(8)18-2/h3-6,10-11,15H,1-2H3,(H,13,14)(H,16,17)/t10-,11+/m1/s1. The molecule has 0 bridgehead atoms. The number of amides is 1. The molecule has 0 spiro atoms. The van der Waals surface area contributed by atoms with Crippen molar-refractivity contribution >= 4 is 11.9 Å². The molecule has 6 heteroatoms. The number of aliphatic carboxylic acids is 1. The highest BCUT2D eigenvalue weighted by Gasteiger charge is 2.30. The molecule has 0 aliphatic carbocycles. The summed E-state index contributed by atoms with van der Waals surface area (Å²) in [6.45, 7) is 1.25. The minimum absolute atomic E-state index is 0.400. The van der Waals surface area contributed by atoms with Crippen LogP contribution in [0.1, 0.15) is 18.5 Å². The van der Waals surface area contributed by atoms with Gasteiger partial charge in [0.15, 0.2) is 6.10 Å². The molecule has 1 amide bonds. The van der Waals surface area contributed by atoms with Crippen molar-refractivity contribution in [2.24, 2.45) is 0 Å². The highest BCUT2D eigenvalue weighted by molar-refractivity contribution is 5.78. The number of aliphatic hydroxyl groups is 1. The van der Waals surface area contributed by atoms with Gasteiger partial charge in [-0.15, -0.1) is 0 Å². The fourth-order valence-corrected chi connectivity index (χ4v) is 1.61. The van der Waals surface area contributed by atoms with Gasteiger partial charge in [-0.1, -0.05) is 18.2 Å². The van der Waals surface area contributed by atoms with E-state index in [2.05, 4.69) is 5.32 Å². The fourth-order valence-electron chi connectivity index (χ4n) is 1.61. The summed E-state index contributed by atoms with van der Waals surface area (Å²) in [6.07, 6.45) is -1.75. The predicted molar refractivity (Wildman–Crippen MR) is 63.2 cm³/mol. The average molecular weight is 253 g/mol. The lowest BCUT2D eigenvalue weighted by molar-refractivity contribution is -0.148. The van der Waals surface area contributed by atoms with Gasteiger partial charge in [0.1, 0.15) is 5.75 Å². The number of rotatable bonds is 5. The largest absolute Gasteiger partial charge is 0.496 e. The van der Waals surface area contributed by atoms with Gasteiger partial charge in [0.05, 0.1) is 13.2 Å². The van der Waals surface area contributed by atoms with Crippen LogP contribution in [0.2, 0.25) is 0 Å². The van der Waals surface area contributed by atoms with Gasteiger partial charge in [-0.2, -0.15) is 0 Å². The number of carbonyl (C=O) groups is 2. The van der Waals surface area contributed by atoms with Crippen molar-refractivity contribution in [2.45, 2.75) is 19.1 Å². The molecule has 0 saturated carbocycles. The summed E-state index contributed by atoms with van der Waals surface area (Å²) in [4.78, 5) is 22.0. The van der Waals surface area contributed by atoms with E-state index in [-0.39, 0.29) is 0 Å². The molecule has 18 heavy (non-hydrogen) atoms. The quantitative estimate of drug-likeness (QED) is 0.702. The summed E-state index contributed by atoms with van der Waals surface area (Å²) < 4.78 is 5.08. The highest BCUT2D eigenvalue weighted by Crippen LogP contribution is 2.27. The molecule has 6 nitrogen and oxygen atoms in total. The average Bonchev–Trinajstić information content (AvgIpc) is 2.34. The lowest BCUT2D eigenvalue weighted by atomic mass is 10.00. The van der Waals surface area contributed by atoms with Gasteiger partial charge in [0, 0.05) is 12.5 Å². The summed E-state index contributed by atoms with van der Waals surface area (Å²) in [5.74, 6) is -1.46. The molecule has 2 atom stereocenters. The Morgan fingerprint density at radius 2 is 1.94 bits per heavy atom. The first-order chi connectivity index (χ1) is 8.47. The van der Waals surface area contributed by atoms with Gasteiger partial charge in [0.2, 0.25) is 5.91 Å². The van der Waals surface area contributed by atoms with E-state index < -0.39 is 24.0 Å². The molecule has 0 aromatic heterocycles. The molecule has 1 aromatic rings. The zero-order valence-corrected chi connectivity index (χ0v) is 10.1. The monoisotopic (exact) mass is 253 g/mol. The van der Waals surface area contributed by atoms with Crippen LogP contribution in [0.15, 0.2) is 24.3 Å². The maximum Gasteiger partial charge on any atom is 0.335 e. The molecule has 0 aliphatic rings. The number of hydrogen-bond donors (Lipinski definition) is 3. The van der Waals surface area contributed by atoms with Crippen LogP contribution in [-0.4, -0.2) is 35.3 Å². The summed E-state index contributed by atoms with van der Waals surface area (Å²) in [5.41, 5.74) is 0.408. The molecule has 1 aromatic carbocycles. The minimum atomic E-state index is -1.75. The first-order valence-corrected chi connectivity index (χ1v) is 5.28. The third-order valence-corrected chi connectivity index (χ3v) is 2.40. The molecule has 0 fully saturated rings. The van der Waals surface area contributed by atoms with Gasteiger partial charge in [-0.05, 0) is 6.07 Å². The van der Waals surface area contributed by atoms with Crippen molar-refractivity contribution in [1.82, 2.24) is 5.32 Å². The summed E-state index contributed by atoms with van der Waals surface area (Å²) >= 11 is 0. The van der Waals surface area contributed by atoms with Crippen LogP contribution >= 0.6 is 0 Å². The highest BCUT2D eigenvalue weighted by atomic mass is 16.5. The molecule has 0 heterocycles. The zero-order valence-electron chi connectivity index (χ0n) is 10.1. The number of benzene rings is 1. The van der Waals surface area contributed by atoms with E-state index >= 15 is 0 Å². The third-order valence-electron chi connectivity index (χ3n) is 2.40. The van der Waals surface area contributed by atoms with E-state index in [1.165, 1.54) is 14.0 Å². The van der Waals surface area contributed by atoms with Crippen molar-refractivity contribution in [3.8, 4) is 5.75 Å². The first kappa shape index (κ1) is 14.0. The number of carboxylic acids is 1. The van der Waals surface area contributed by atoms with E-state index in [1.54, 1.807) is 24.3 Å². The van der Waals surface area contributed by atoms with Gasteiger partial charge in [-0.3, -0.25) is 4.79 Å². The first-order valence-electron chi connectivity index (χ1n) is 5.28. The van der Waals surface area contributed by atoms with E-state index in [4.69, 9.17) is 9.84 Å². The molecule has 0 saturated heterocycles. The summed E-state index contributed by atoms with van der Waals surface area (Å²) in [7, 11) is 1.43. The lowest BCUT2D eigenvalue weighted by Gasteiger charge is -2.22. The van der Waals surface area contributed by atoms with E-state index in [0.29, 0.717) is 11.3 Å². The van der Waals surface area contributed by atoms with E-state index in [1.807, 2.05) is 0 Å². The normalized spacial score (nSPS) is 13.5. The Balaban J connectivity index is 3.16. The number of para-hydroxylation sites is 1. The summed E-state index contributed by atoms with van der Waals surface area (Å²) in [5, 5.41) is 20.9. The maximum absolute atomic E-state index is 11.1. The van der Waals surface area contributed by atoms with Crippen LogP contribution in [0.3, 0.4) is 0 Å². The predicted octanol–water partition coefficient (Wildman–Crippen LogP) is 0.318. The number of carbonyl (C=O) groups excluding carboxylic acids is 1. The molecule has 98 valence electrons. The number of ether oxygens (including phenoxy) is 1. The van der Waals surface area contributed by atoms with Crippen LogP contribution in [0.25, 0.3) is 0 Å². The number of aliphatic hydroxyl groups excluding tert-OH is 1. The van der Waals surface area contributed by atoms with Gasteiger partial charge in [-0.25, -0.2) is 4.79 Å². The van der Waals surface area contributed by atoms with Gasteiger partial charge >= 0.3 is 5.97 Å². The van der Waals surface area contributed by atoms with Crippen molar-refractivity contribution in [1.29, 1.82) is 0 Å². The molecule has 1 rings (SSSR count). The Hall–Kier alpha value is -2.08. The SMILES string of the molecule is COc1ccccc1[C@@H](NC(C)=O)[C@H](O)C(=O)O. The number of nitrogens with one attached hydrogen (secondary N) is 1. The number of carboxylic acid groups (broad SMARTS) is 1. The molecule has 3 N–H and O–H groups in total. The molecule has 0 aliphatic heterocycles. The van der Waals surface area contributed by atoms with Crippen LogP contribution in [0, 0.1) is 0 Å². The molecular formula is C12H15NO5. The Labute approximate surface area is 104 Å². The molecule has 0 unspecified atom stereocenters. The topological polar surface area (TPSA) is 95.9 Å². The molecule has 0 radical (unpaired) electrons. The van der Waals surface area contributed by atoms with Crippen LogP contribution in [-0.2, 0) is 9.59 Å². The second-order valence-electron chi connectivity index (χ2n) is 3.70. The van der Waals surface area contributed by atoms with Crippen LogP contribution in [0.5, 0.6) is 5.75 Å². The Morgan fingerprint density at radius 1 is 1.33 bits per heavy atom. The van der Waals surface area contributed by atoms with Gasteiger partial charge in [0.25, 0.3) is 0 Å². The van der Waals surface area contributed by atoms with Crippen molar-refractivity contribution in [2.75, 3.05) is 7.11 Å². The second-order valence-corrected chi connectivity index (χ2v) is 3.70. The zero-order chi connectivity index (χ0) is 13.7. The van der Waals surface area contributed by atoms with E-state index in [9.17, 15) is 14.7 Å². The third kappa shape index (κ3) is 3.21. The smallest absolute Gasteiger partial charge is 0.335 e. The Bertz CT molecular complexity index is 446. The van der Waals surface area contributed by atoms with Gasteiger partial charge < -0.3 is 20.3 Å². The fraction of sp³-hybridized carbons (Fsp3) is 0.333. The minimum Gasteiger partial charge on any atom is -0.496 e. The van der Waals surface area contributed by atoms with Crippen molar-refractivity contribution in [3.05, 3.63) is 29.8 Å². The lowest BCUT2D eigenvalue weighted by Crippen LogP contribution is -2.39. The number of methoxy groups -OCH3 is 1. The van der Waals surface area contributed by atoms with Crippen LogP contribution in [0.4, 0.5) is 0 Å². The van der Waals surface area contributed by atoms with E-state index in [0.717, 1.165) is 0 Å². The Kier molecular flexibility index (Phi) is 4.67. The van der Waals surface area contributed by atoms with Crippen molar-refractivity contribution < 1.29 is 24.5 Å². The maximum atomic E-state index is 11.1. The Morgan fingerprint density at radius 3 is 2.44 bits per heavy atom. The summed E-state index contributed by atoms with van der Waals surface area (Å²) in [6, 6.07) is 5.53. The molecular weight excluding hydrogens is 238 g/mol. The van der Waals surface area contributed by atoms with Crippen molar-refractivity contribution in [3.63, 3.8) is 0 Å². The van der Waals surface area contributed by atoms with Crippen LogP contribution < -0.4 is 10.1 Å². The second kappa shape index (κ2) is 6.02.